The van der Waals surface area contributed by atoms with E-state index in [-0.39, 0.29) is 102 Å². The summed E-state index contributed by atoms with van der Waals surface area (Å²) in [6.07, 6.45) is -3.66. The minimum absolute atomic E-state index is 0. The number of Topliss-reactive ketones (excluding diaryl/α,β-unsaturated/α-hetero) is 1. The average Bonchev–Trinajstić information content (AvgIpc) is 1.66. The number of nitrogens with one attached hydrogen (secondary N) is 3. The van der Waals surface area contributed by atoms with Crippen LogP contribution in [0.1, 0.15) is 177 Å². The van der Waals surface area contributed by atoms with Crippen LogP contribution in [0.4, 0.5) is 32.5 Å². The van der Waals surface area contributed by atoms with E-state index in [1.165, 1.54) is 57.5 Å². The summed E-state index contributed by atoms with van der Waals surface area (Å²) in [4.78, 5) is 155. The smallest absolute Gasteiger partial charge is 0.412 e. The Morgan fingerprint density at radius 3 is 2.06 bits per heavy atom. The number of nitrogens with zero attached hydrogens (tertiary/aromatic N) is 7. The Bertz CT molecular complexity index is 4650. The molecule has 0 radical (unpaired) electrons. The molecule has 3 aromatic carbocycles. The van der Waals surface area contributed by atoms with Gasteiger partial charge in [-0.2, -0.15) is 15.0 Å². The molecule has 0 bridgehead atoms. The van der Waals surface area contributed by atoms with Gasteiger partial charge in [-0.15, -0.1) is 12.4 Å². The van der Waals surface area contributed by atoms with Crippen LogP contribution in [0, 0.1) is 5.82 Å². The van der Waals surface area contributed by atoms with Crippen LogP contribution in [-0.2, 0) is 55.4 Å². The number of hydrogen-bond acceptors (Lipinski definition) is 32. The van der Waals surface area contributed by atoms with Gasteiger partial charge < -0.3 is 122 Å². The van der Waals surface area contributed by atoms with Crippen molar-refractivity contribution in [3.8, 4) is 17.2 Å². The van der Waals surface area contributed by atoms with Crippen LogP contribution < -0.4 is 43.6 Å². The number of rotatable bonds is 28. The molecule has 2 aliphatic carbocycles. The molecule has 5 heterocycles. The molecule has 10 rings (SSSR count). The fourth-order valence-corrected chi connectivity index (χ4v) is 14.5. The summed E-state index contributed by atoms with van der Waals surface area (Å²) in [5, 5.41) is 95.4. The van der Waals surface area contributed by atoms with Crippen LogP contribution >= 0.6 is 27.6 Å². The summed E-state index contributed by atoms with van der Waals surface area (Å²) in [6.45, 7) is 9.41. The van der Waals surface area contributed by atoms with Crippen LogP contribution in [0.25, 0.3) is 11.2 Å². The van der Waals surface area contributed by atoms with Crippen molar-refractivity contribution in [2.75, 3.05) is 56.0 Å². The number of ketones is 3. The molecule has 2 amide bonds. The minimum Gasteiger partial charge on any atom is -0.507 e. The zero-order valence-corrected chi connectivity index (χ0v) is 65.9. The van der Waals surface area contributed by atoms with E-state index in [1.807, 2.05) is 13.8 Å². The van der Waals surface area contributed by atoms with E-state index in [0.717, 1.165) is 42.9 Å². The SMILES string of the molecule is CCCCCN(C)CCC(O)(P(=O)(O)O)P(=O)(O)O.CCCCCOC(=O)Nc1nc(=O)n([C@@H]2O[C@H](C)[C@@H](O)[C@H]2O)cc1F.COc1cccc2c1C(=O)c1c(O)c3c(c(O)c1C2=O)C[C@@](O)(C(C)=O)C[C@@H]3OC1CC(N)C(O)C(C)O1.Cl.Nc1nc(N)c2nc(CNc3ccc(C(=O)NC(CCC(=O)O)C(=O)O)cc3)cnc2n1. The molecule has 6 aromatic rings. The molecule has 11 atom stereocenters. The highest BCUT2D eigenvalue weighted by atomic mass is 35.5. The number of aliphatic hydroxyl groups excluding tert-OH is 3. The highest BCUT2D eigenvalue weighted by molar-refractivity contribution is 7.72. The number of carbonyl (C=O) groups is 7. The standard InChI is InChI=1S/C27H29NO10.C19H20N8O5.C15H22FN3O6.C9H23NO7P2.ClH/c1-10-22(30)14(28)7-17(37-10)38-16-9-27(35,11(2)29)8-13-19(16)26(34)21-20(24(13)32)23(31)12-5-4-6-15(36-3)18(12)25(21)33;20-15-14-16(27-19(21)26-15)23-8-11(24-14)7-22-10-3-1-9(2-4-10)17(30)25-12(18(31)32)5-6-13(28)29;1-3-4-5-6-24-15(23)18-12-9(16)7-19(14(22)17-12)13-11(21)10(20)8(2)25-13;1-3-4-5-7-10(2)8-6-9(11,18(12,13)14)19(15,16)17;/h4-6,10,14,16-17,22,30,32,34-35H,7-9,28H2,1-3H3;1-4,8,12,22H,5-7H2,(H,25,30)(H,28,29)(H,31,32)(H4,20,21,23,26,27);7-8,10-11,13,20-21H,3-6H2,1-2H3,(H,17,18,22,23);11H,3-8H2,1-2H3,(H2,12,13,14)(H2,15,16,17);1H/t10?,14?,16-,17?,22?,27-;;8-,10-,11-,13-;;/m0.1../s1. The summed E-state index contributed by atoms with van der Waals surface area (Å²) in [5.41, 5.74) is 15.5. The van der Waals surface area contributed by atoms with Gasteiger partial charge in [0, 0.05) is 72.6 Å². The fourth-order valence-electron chi connectivity index (χ4n) is 12.4. The fraction of sp³-hybridized carbons (Fsp3) is 0.500. The number of benzene rings is 3. The maximum atomic E-state index is 14.1. The highest BCUT2D eigenvalue weighted by Gasteiger charge is 2.59. The van der Waals surface area contributed by atoms with Crippen molar-refractivity contribution < 1.29 is 136 Å². The molecule has 41 nitrogen and oxygen atoms in total. The van der Waals surface area contributed by atoms with Crippen LogP contribution in [0.15, 0.2) is 59.7 Å². The number of carboxylic acids is 2. The third kappa shape index (κ3) is 23.0. The van der Waals surface area contributed by atoms with E-state index in [4.69, 9.17) is 70.7 Å². The first-order chi connectivity index (χ1) is 53.4. The normalized spacial score (nSPS) is 21.2. The van der Waals surface area contributed by atoms with E-state index in [0.29, 0.717) is 36.4 Å². The Labute approximate surface area is 661 Å². The number of aliphatic carboxylic acids is 2. The number of phenols is 2. The molecule has 632 valence electrons. The van der Waals surface area contributed by atoms with Crippen molar-refractivity contribution in [2.45, 2.75) is 190 Å². The molecular formula is C70H95ClFN13O28P2. The van der Waals surface area contributed by atoms with Crippen molar-refractivity contribution in [3.63, 3.8) is 0 Å². The second-order valence-electron chi connectivity index (χ2n) is 27.3. The maximum absolute atomic E-state index is 14.1. The van der Waals surface area contributed by atoms with Gasteiger partial charge in [0.05, 0.1) is 79.5 Å². The largest absolute Gasteiger partial charge is 0.507 e. The number of nitrogens with two attached hydrogens (primary N) is 3. The van der Waals surface area contributed by atoms with Gasteiger partial charge in [0.1, 0.15) is 41.1 Å². The lowest BCUT2D eigenvalue weighted by molar-refractivity contribution is -0.247. The molecule has 22 N–H and O–H groups in total. The number of aliphatic hydroxyl groups is 5. The number of ether oxygens (including phenoxy) is 5. The number of nitrogen functional groups attached to an aromatic ring is 2. The summed E-state index contributed by atoms with van der Waals surface area (Å²) < 4.78 is 64.2. The van der Waals surface area contributed by atoms with Gasteiger partial charge in [0.25, 0.3) is 11.0 Å². The quantitative estimate of drug-likeness (QED) is 0.0190. The number of unbranched alkanes of at least 4 members (excludes halogenated alkanes) is 4. The van der Waals surface area contributed by atoms with E-state index in [1.54, 1.807) is 31.0 Å². The number of halogens is 2. The van der Waals surface area contributed by atoms with Gasteiger partial charge in [0.15, 0.2) is 52.7 Å². The topological polar surface area (TPSA) is 667 Å². The summed E-state index contributed by atoms with van der Waals surface area (Å²) in [7, 11) is -7.66. The molecule has 2 fully saturated rings. The number of hydrogen-bond donors (Lipinski definition) is 19. The summed E-state index contributed by atoms with van der Waals surface area (Å²) in [5.74, 6) is -7.69. The van der Waals surface area contributed by atoms with Gasteiger partial charge >= 0.3 is 38.9 Å². The monoisotopic (exact) mass is 1680 g/mol. The Kier molecular flexibility index (Phi) is 33.2. The predicted octanol–water partition coefficient (Wildman–Crippen LogP) is 2.96. The number of methoxy groups -OCH3 is 1. The molecule has 2 saturated heterocycles. The predicted molar refractivity (Wildman–Crippen MR) is 406 cm³/mol. The third-order valence-corrected chi connectivity index (χ3v) is 22.8. The summed E-state index contributed by atoms with van der Waals surface area (Å²) in [6, 6.07) is 8.73. The van der Waals surface area contributed by atoms with Crippen LogP contribution in [0.5, 0.6) is 17.2 Å². The molecule has 0 spiro atoms. The first-order valence-corrected chi connectivity index (χ1v) is 38.9. The van der Waals surface area contributed by atoms with Crippen LogP contribution in [0.2, 0.25) is 0 Å². The van der Waals surface area contributed by atoms with Gasteiger partial charge in [-0.1, -0.05) is 51.7 Å². The van der Waals surface area contributed by atoms with Gasteiger partial charge in [0.2, 0.25) is 11.7 Å². The van der Waals surface area contributed by atoms with Crippen molar-refractivity contribution in [2.24, 2.45) is 5.73 Å². The zero-order valence-electron chi connectivity index (χ0n) is 63.3. The van der Waals surface area contributed by atoms with E-state index in [2.05, 4.69) is 40.9 Å². The van der Waals surface area contributed by atoms with Gasteiger partial charge in [-0.3, -0.25) is 43.0 Å². The molecule has 4 aliphatic rings. The second kappa shape index (κ2) is 40.4. The lowest BCUT2D eigenvalue weighted by atomic mass is 9.72. The molecule has 115 heavy (non-hydrogen) atoms. The molecule has 45 heteroatoms. The number of carbonyl (C=O) groups excluding carboxylic acids is 5. The van der Waals surface area contributed by atoms with Gasteiger partial charge in [-0.05, 0) is 84.0 Å². The third-order valence-electron chi connectivity index (χ3n) is 18.9. The number of phenolic OH excluding ortho intramolecular Hbond substituents is 2. The molecule has 5 unspecified atom stereocenters. The molecular weight excluding hydrogens is 1590 g/mol. The number of anilines is 4. The van der Waals surface area contributed by atoms with Crippen molar-refractivity contribution in [3.05, 3.63) is 116 Å². The first kappa shape index (κ1) is 94.4. The van der Waals surface area contributed by atoms with Crippen molar-refractivity contribution in [1.29, 1.82) is 0 Å². The number of carboxylic acid groups (broad SMARTS) is 2. The molecule has 3 aromatic heterocycles. The van der Waals surface area contributed by atoms with Crippen LogP contribution in [0.3, 0.4) is 0 Å². The number of fused-ring (bicyclic) bond motifs is 4. The Morgan fingerprint density at radius 2 is 1.48 bits per heavy atom. The number of amides is 2. The maximum Gasteiger partial charge on any atom is 0.412 e. The Hall–Kier alpha value is -9.43. The Morgan fingerprint density at radius 1 is 0.843 bits per heavy atom. The van der Waals surface area contributed by atoms with E-state index in [9.17, 15) is 87.6 Å². The van der Waals surface area contributed by atoms with Gasteiger partial charge in [-0.25, -0.2) is 28.7 Å². The minimum atomic E-state index is -5.33. The van der Waals surface area contributed by atoms with E-state index >= 15 is 0 Å². The highest BCUT2D eigenvalue weighted by Crippen LogP contribution is 2.69. The molecule has 0 saturated carbocycles. The van der Waals surface area contributed by atoms with Crippen molar-refractivity contribution >= 4 is 103 Å². The zero-order chi connectivity index (χ0) is 84.8. The van der Waals surface area contributed by atoms with E-state index < -0.39 is 181 Å². The lowest BCUT2D eigenvalue weighted by Gasteiger charge is -2.42. The van der Waals surface area contributed by atoms with Crippen molar-refractivity contribution in [1.82, 2.24) is 39.7 Å². The first-order valence-electron chi connectivity index (χ1n) is 35.7. The lowest BCUT2D eigenvalue weighted by Crippen LogP contribution is -2.52. The Balaban J connectivity index is 0.000000245. The number of aromatic hydroxyl groups is 2. The number of aromatic nitrogens is 6. The summed E-state index contributed by atoms with van der Waals surface area (Å²) >= 11 is 0. The average molecular weight is 1680 g/mol. The second-order valence-corrected chi connectivity index (χ2v) is 31.3. The molecule has 2 aliphatic heterocycles. The van der Waals surface area contributed by atoms with Crippen LogP contribution in [-0.4, -0.2) is 235 Å².